The molecule has 1 aromatic carbocycles. The van der Waals surface area contributed by atoms with Gasteiger partial charge in [-0.1, -0.05) is 0 Å². The predicted molar refractivity (Wildman–Crippen MR) is 43.0 cm³/mol. The Labute approximate surface area is 82.5 Å². The lowest BCUT2D eigenvalue weighted by molar-refractivity contribution is -0.0503. The number of ketones is 1. The van der Waals surface area contributed by atoms with Gasteiger partial charge in [0.2, 0.25) is 0 Å². The quantitative estimate of drug-likeness (QED) is 0.580. The maximum absolute atomic E-state index is 13.0. The number of hydrogen-bond donors (Lipinski definition) is 0. The number of rotatable bonds is 3. The van der Waals surface area contributed by atoms with E-state index in [1.807, 2.05) is 0 Å². The summed E-state index contributed by atoms with van der Waals surface area (Å²) in [4.78, 5) is 10.9. The van der Waals surface area contributed by atoms with E-state index < -0.39 is 35.3 Å². The molecule has 0 amide bonds. The van der Waals surface area contributed by atoms with E-state index in [2.05, 4.69) is 4.74 Å². The van der Waals surface area contributed by atoms with Crippen molar-refractivity contribution in [3.05, 3.63) is 29.3 Å². The third-order valence-electron chi connectivity index (χ3n) is 1.62. The summed E-state index contributed by atoms with van der Waals surface area (Å²) >= 11 is 0. The van der Waals surface area contributed by atoms with E-state index >= 15 is 0 Å². The van der Waals surface area contributed by atoms with E-state index in [4.69, 9.17) is 0 Å². The van der Waals surface area contributed by atoms with E-state index in [-0.39, 0.29) is 0 Å². The molecule has 0 radical (unpaired) electrons. The summed E-state index contributed by atoms with van der Waals surface area (Å²) in [7, 11) is 0. The van der Waals surface area contributed by atoms with Crippen molar-refractivity contribution in [3.8, 4) is 5.75 Å². The molecular weight excluding hydrogens is 216 g/mol. The first-order chi connectivity index (χ1) is 6.93. The second-order valence-corrected chi connectivity index (χ2v) is 2.67. The van der Waals surface area contributed by atoms with E-state index in [9.17, 15) is 22.4 Å². The van der Waals surface area contributed by atoms with Crippen molar-refractivity contribution in [2.75, 3.05) is 0 Å². The van der Waals surface area contributed by atoms with Gasteiger partial charge in [0.1, 0.15) is 5.75 Å². The second kappa shape index (κ2) is 4.29. The van der Waals surface area contributed by atoms with Gasteiger partial charge in [-0.15, -0.1) is 0 Å². The molecule has 0 atom stereocenters. The van der Waals surface area contributed by atoms with Gasteiger partial charge in [0.15, 0.2) is 17.4 Å². The van der Waals surface area contributed by atoms with E-state index in [1.165, 1.54) is 0 Å². The maximum atomic E-state index is 13.0. The maximum Gasteiger partial charge on any atom is 0.387 e. The summed E-state index contributed by atoms with van der Waals surface area (Å²) < 4.78 is 53.3. The number of carbonyl (C=O) groups is 1. The van der Waals surface area contributed by atoms with Gasteiger partial charge in [-0.2, -0.15) is 8.78 Å². The molecule has 0 aliphatic heterocycles. The Morgan fingerprint density at radius 2 is 1.93 bits per heavy atom. The third kappa shape index (κ3) is 2.45. The summed E-state index contributed by atoms with van der Waals surface area (Å²) in [6.07, 6.45) is 0. The molecule has 0 saturated heterocycles. The SMILES string of the molecule is CC(=O)c1c(OC(F)F)ccc(F)c1F. The number of alkyl halides is 2. The van der Waals surface area contributed by atoms with Gasteiger partial charge < -0.3 is 4.74 Å². The number of ether oxygens (including phenoxy) is 1. The Balaban J connectivity index is 3.27. The molecule has 0 N–H and O–H groups in total. The molecule has 0 unspecified atom stereocenters. The van der Waals surface area contributed by atoms with Gasteiger partial charge in [-0.05, 0) is 19.1 Å². The number of benzene rings is 1. The lowest BCUT2D eigenvalue weighted by Crippen LogP contribution is -2.09. The normalized spacial score (nSPS) is 10.5. The largest absolute Gasteiger partial charge is 0.434 e. The number of hydrogen-bond acceptors (Lipinski definition) is 2. The summed E-state index contributed by atoms with van der Waals surface area (Å²) in [5.74, 6) is -4.33. The zero-order chi connectivity index (χ0) is 11.6. The van der Waals surface area contributed by atoms with Gasteiger partial charge >= 0.3 is 6.61 Å². The van der Waals surface area contributed by atoms with Crippen LogP contribution in [0.2, 0.25) is 0 Å². The fraction of sp³-hybridized carbons (Fsp3) is 0.222. The zero-order valence-electron chi connectivity index (χ0n) is 7.56. The van der Waals surface area contributed by atoms with E-state index in [1.54, 1.807) is 0 Å². The molecule has 0 bridgehead atoms. The molecule has 2 nitrogen and oxygen atoms in total. The molecule has 0 aliphatic rings. The van der Waals surface area contributed by atoms with Gasteiger partial charge in [-0.3, -0.25) is 4.79 Å². The lowest BCUT2D eigenvalue weighted by atomic mass is 10.1. The van der Waals surface area contributed by atoms with Crippen molar-refractivity contribution in [1.82, 2.24) is 0 Å². The Kier molecular flexibility index (Phi) is 3.28. The summed E-state index contributed by atoms with van der Waals surface area (Å²) in [6.45, 7) is -2.27. The lowest BCUT2D eigenvalue weighted by Gasteiger charge is -2.09. The number of halogens is 4. The monoisotopic (exact) mass is 222 g/mol. The molecule has 0 aliphatic carbocycles. The van der Waals surface area contributed by atoms with Crippen LogP contribution in [0.3, 0.4) is 0 Å². The zero-order valence-corrected chi connectivity index (χ0v) is 7.56. The number of carbonyl (C=O) groups excluding carboxylic acids is 1. The Hall–Kier alpha value is -1.59. The number of Topliss-reactive ketones (excluding diaryl/α,β-unsaturated/α-hetero) is 1. The summed E-state index contributed by atoms with van der Waals surface area (Å²) in [5, 5.41) is 0. The minimum absolute atomic E-state index is 0.611. The van der Waals surface area contributed by atoms with Crippen molar-refractivity contribution in [2.24, 2.45) is 0 Å². The molecule has 0 saturated carbocycles. The van der Waals surface area contributed by atoms with Crippen LogP contribution in [0.4, 0.5) is 17.6 Å². The van der Waals surface area contributed by atoms with Crippen LogP contribution in [0.1, 0.15) is 17.3 Å². The fourth-order valence-electron chi connectivity index (χ4n) is 1.06. The molecule has 0 fully saturated rings. The van der Waals surface area contributed by atoms with Crippen LogP contribution in [0.15, 0.2) is 12.1 Å². The topological polar surface area (TPSA) is 26.3 Å². The first-order valence-electron chi connectivity index (χ1n) is 3.87. The molecule has 82 valence electrons. The molecule has 0 heterocycles. The van der Waals surface area contributed by atoms with Crippen molar-refractivity contribution in [3.63, 3.8) is 0 Å². The Morgan fingerprint density at radius 1 is 1.33 bits per heavy atom. The highest BCUT2D eigenvalue weighted by molar-refractivity contribution is 5.97. The van der Waals surface area contributed by atoms with Crippen molar-refractivity contribution in [2.45, 2.75) is 13.5 Å². The molecule has 6 heteroatoms. The first-order valence-corrected chi connectivity index (χ1v) is 3.87. The fourth-order valence-corrected chi connectivity index (χ4v) is 1.06. The average molecular weight is 222 g/mol. The molecule has 0 spiro atoms. The van der Waals surface area contributed by atoms with Crippen LogP contribution in [0.25, 0.3) is 0 Å². The highest BCUT2D eigenvalue weighted by Gasteiger charge is 2.20. The van der Waals surface area contributed by atoms with Gasteiger partial charge in [0.25, 0.3) is 0 Å². The van der Waals surface area contributed by atoms with Crippen molar-refractivity contribution >= 4 is 5.78 Å². The van der Waals surface area contributed by atoms with Crippen LogP contribution >= 0.6 is 0 Å². The third-order valence-corrected chi connectivity index (χ3v) is 1.62. The van der Waals surface area contributed by atoms with Gasteiger partial charge in [0.05, 0.1) is 5.56 Å². The molecular formula is C9H6F4O2. The van der Waals surface area contributed by atoms with Crippen LogP contribution in [-0.4, -0.2) is 12.4 Å². The second-order valence-electron chi connectivity index (χ2n) is 2.67. The van der Waals surface area contributed by atoms with Crippen LogP contribution in [0, 0.1) is 11.6 Å². The highest BCUT2D eigenvalue weighted by Crippen LogP contribution is 2.25. The average Bonchev–Trinajstić information content (AvgIpc) is 2.10. The van der Waals surface area contributed by atoms with Gasteiger partial charge in [0, 0.05) is 0 Å². The Bertz CT molecular complexity index is 390. The van der Waals surface area contributed by atoms with Crippen molar-refractivity contribution in [1.29, 1.82) is 0 Å². The molecule has 1 aromatic rings. The minimum atomic E-state index is -3.20. The highest BCUT2D eigenvalue weighted by atomic mass is 19.3. The first kappa shape index (κ1) is 11.5. The van der Waals surface area contributed by atoms with Crippen LogP contribution in [0.5, 0.6) is 5.75 Å². The van der Waals surface area contributed by atoms with Crippen LogP contribution < -0.4 is 4.74 Å². The molecule has 0 aromatic heterocycles. The summed E-state index contributed by atoms with van der Waals surface area (Å²) in [5.41, 5.74) is -0.810. The predicted octanol–water partition coefficient (Wildman–Crippen LogP) is 2.77. The van der Waals surface area contributed by atoms with Crippen LogP contribution in [-0.2, 0) is 0 Å². The van der Waals surface area contributed by atoms with E-state index in [0.717, 1.165) is 13.0 Å². The summed E-state index contributed by atoms with van der Waals surface area (Å²) in [6, 6.07) is 1.39. The smallest absolute Gasteiger partial charge is 0.387 e. The Morgan fingerprint density at radius 3 is 2.40 bits per heavy atom. The van der Waals surface area contributed by atoms with Gasteiger partial charge in [-0.25, -0.2) is 8.78 Å². The minimum Gasteiger partial charge on any atom is -0.434 e. The molecule has 15 heavy (non-hydrogen) atoms. The van der Waals surface area contributed by atoms with Crippen molar-refractivity contribution < 1.29 is 27.1 Å². The molecule has 1 rings (SSSR count). The standard InChI is InChI=1S/C9H6F4O2/c1-4(14)7-6(15-9(12)13)3-2-5(10)8(7)11/h2-3,9H,1H3. The van der Waals surface area contributed by atoms with E-state index in [0.29, 0.717) is 6.07 Å².